The zero-order chi connectivity index (χ0) is 15.9. The number of halogens is 1. The lowest BCUT2D eigenvalue weighted by atomic mass is 10.1. The predicted molar refractivity (Wildman–Crippen MR) is 92.2 cm³/mol. The molecule has 1 N–H and O–H groups in total. The van der Waals surface area contributed by atoms with Crippen LogP contribution < -0.4 is 3.53 Å². The van der Waals surface area contributed by atoms with Crippen LogP contribution in [0.1, 0.15) is 58.3 Å². The molecule has 0 heterocycles. The van der Waals surface area contributed by atoms with E-state index in [2.05, 4.69) is 18.9 Å². The summed E-state index contributed by atoms with van der Waals surface area (Å²) in [6.45, 7) is 2.10. The Kier molecular flexibility index (Phi) is 14.1. The average Bonchev–Trinajstić information content (AvgIpc) is 2.46. The van der Waals surface area contributed by atoms with Crippen LogP contribution in [0.15, 0.2) is 2.55 Å². The van der Waals surface area contributed by atoms with Gasteiger partial charge in [-0.15, -0.1) is 0 Å². The number of rotatable bonds is 12. The molecular weight excluding hydrogens is 407 g/mol. The molecule has 0 unspecified atom stereocenters. The minimum absolute atomic E-state index is 0.0195. The first kappa shape index (κ1) is 20.5. The summed E-state index contributed by atoms with van der Waals surface area (Å²) in [4.78, 5) is 33.9. The van der Waals surface area contributed by atoms with Gasteiger partial charge in [0.05, 0.1) is 13.0 Å². The Labute approximate surface area is 141 Å². The van der Waals surface area contributed by atoms with Crippen LogP contribution >= 0.6 is 34.1 Å². The maximum absolute atomic E-state index is 11.5. The molecule has 0 aliphatic carbocycles. The second kappa shape index (κ2) is 14.4. The number of hydrogen-bond donors (Lipinski definition) is 2. The third-order valence-corrected chi connectivity index (χ3v) is 4.27. The number of amides is 1. The van der Waals surface area contributed by atoms with Crippen molar-refractivity contribution < 1.29 is 19.1 Å². The van der Waals surface area contributed by atoms with E-state index in [4.69, 9.17) is 4.74 Å². The zero-order valence-corrected chi connectivity index (χ0v) is 15.3. The van der Waals surface area contributed by atoms with Crippen molar-refractivity contribution in [1.82, 2.24) is 3.53 Å². The van der Waals surface area contributed by atoms with Crippen molar-refractivity contribution in [3.8, 4) is 0 Å². The number of hydrogen-bond acceptors (Lipinski definition) is 6. The highest BCUT2D eigenvalue weighted by molar-refractivity contribution is 14.1. The van der Waals surface area contributed by atoms with Crippen molar-refractivity contribution in [2.24, 2.45) is 2.55 Å². The van der Waals surface area contributed by atoms with E-state index >= 15 is 0 Å². The van der Waals surface area contributed by atoms with Crippen LogP contribution in [0, 0.1) is 0 Å². The summed E-state index contributed by atoms with van der Waals surface area (Å²) in [7, 11) is 0. The number of nitrogens with zero attached hydrogens (tertiary/aromatic N) is 1. The topological polar surface area (TPSA) is 84.8 Å². The van der Waals surface area contributed by atoms with E-state index in [1.165, 1.54) is 0 Å². The Morgan fingerprint density at radius 3 is 2.33 bits per heavy atom. The highest BCUT2D eigenvalue weighted by atomic mass is 127. The maximum atomic E-state index is 11.5. The van der Waals surface area contributed by atoms with E-state index in [1.54, 1.807) is 6.92 Å². The van der Waals surface area contributed by atoms with Gasteiger partial charge in [-0.1, -0.05) is 12.8 Å². The molecule has 0 spiro atoms. The minimum atomic E-state index is -0.656. The summed E-state index contributed by atoms with van der Waals surface area (Å²) in [5, 5.41) is 0. The van der Waals surface area contributed by atoms with Gasteiger partial charge in [0, 0.05) is 19.3 Å². The molecule has 0 rings (SSSR count). The molecule has 8 heteroatoms. The van der Waals surface area contributed by atoms with Crippen molar-refractivity contribution in [2.45, 2.75) is 58.3 Å². The van der Waals surface area contributed by atoms with Crippen LogP contribution in [0.4, 0.5) is 0 Å². The lowest BCUT2D eigenvalue weighted by Crippen LogP contribution is -2.11. The fourth-order valence-corrected chi connectivity index (χ4v) is 2.57. The quantitative estimate of drug-likeness (QED) is 0.164. The molecule has 0 radical (unpaired) electrons. The van der Waals surface area contributed by atoms with Crippen molar-refractivity contribution in [2.75, 3.05) is 6.61 Å². The number of esters is 1. The highest BCUT2D eigenvalue weighted by Gasteiger charge is 2.07. The van der Waals surface area contributed by atoms with Gasteiger partial charge in [0.25, 0.3) is 0 Å². The second-order valence-corrected chi connectivity index (χ2v) is 6.90. The molecule has 6 nitrogen and oxygen atoms in total. The SMILES string of the molecule is CCOC(=O)CCC(=O)CCCCCCC(=O)NI=NS. The summed E-state index contributed by atoms with van der Waals surface area (Å²) >= 11 is 3.03. The Balaban J connectivity index is 3.44. The monoisotopic (exact) mass is 430 g/mol. The second-order valence-electron chi connectivity index (χ2n) is 4.44. The lowest BCUT2D eigenvalue weighted by molar-refractivity contribution is -0.144. The van der Waals surface area contributed by atoms with Gasteiger partial charge in [-0.05, 0) is 32.6 Å². The molecule has 0 aromatic carbocycles. The smallest absolute Gasteiger partial charge is 0.306 e. The molecule has 0 aromatic rings. The molecule has 1 amide bonds. The van der Waals surface area contributed by atoms with Gasteiger partial charge in [0.2, 0.25) is 5.91 Å². The number of ketones is 1. The third kappa shape index (κ3) is 14.2. The largest absolute Gasteiger partial charge is 0.466 e. The Morgan fingerprint density at radius 1 is 1.05 bits per heavy atom. The van der Waals surface area contributed by atoms with E-state index in [0.717, 1.165) is 25.7 Å². The van der Waals surface area contributed by atoms with Crippen LogP contribution in [-0.2, 0) is 19.1 Å². The molecule has 0 saturated carbocycles. The number of unbranched alkanes of at least 4 members (excludes halogenated alkanes) is 3. The van der Waals surface area contributed by atoms with Gasteiger partial charge in [0.1, 0.15) is 27.1 Å². The molecule has 0 aromatic heterocycles. The Morgan fingerprint density at radius 2 is 1.71 bits per heavy atom. The number of carbonyl (C=O) groups is 3. The highest BCUT2D eigenvalue weighted by Crippen LogP contribution is 2.08. The van der Waals surface area contributed by atoms with Crippen molar-refractivity contribution in [1.29, 1.82) is 0 Å². The van der Waals surface area contributed by atoms with Crippen LogP contribution in [0.25, 0.3) is 0 Å². The zero-order valence-electron chi connectivity index (χ0n) is 12.3. The molecule has 0 atom stereocenters. The van der Waals surface area contributed by atoms with E-state index in [9.17, 15) is 14.4 Å². The number of thiol groups is 1. The van der Waals surface area contributed by atoms with Gasteiger partial charge in [0.15, 0.2) is 0 Å². The number of carbonyl (C=O) groups excluding carboxylic acids is 3. The van der Waals surface area contributed by atoms with E-state index in [1.807, 2.05) is 0 Å². The molecule has 122 valence electrons. The molecular formula is C13H23IN2O4S. The average molecular weight is 430 g/mol. The number of ether oxygens (including phenoxy) is 1. The van der Waals surface area contributed by atoms with Crippen LogP contribution in [0.5, 0.6) is 0 Å². The summed E-state index contributed by atoms with van der Waals surface area (Å²) < 4.78 is 11.1. The van der Waals surface area contributed by atoms with E-state index < -0.39 is 21.3 Å². The Bertz CT molecular complexity index is 364. The fourth-order valence-electron chi connectivity index (χ4n) is 1.67. The summed E-state index contributed by atoms with van der Waals surface area (Å²) in [5.41, 5.74) is 0. The van der Waals surface area contributed by atoms with Gasteiger partial charge in [-0.3, -0.25) is 17.9 Å². The van der Waals surface area contributed by atoms with Gasteiger partial charge < -0.3 is 4.74 Å². The minimum Gasteiger partial charge on any atom is -0.466 e. The lowest BCUT2D eigenvalue weighted by Gasteiger charge is -2.02. The van der Waals surface area contributed by atoms with Gasteiger partial charge in [-0.2, -0.15) is 2.55 Å². The normalized spacial score (nSPS) is 11.0. The van der Waals surface area contributed by atoms with E-state index in [-0.39, 0.29) is 30.5 Å². The van der Waals surface area contributed by atoms with Gasteiger partial charge in [-0.25, -0.2) is 0 Å². The molecule has 0 saturated heterocycles. The predicted octanol–water partition coefficient (Wildman–Crippen LogP) is 3.27. The maximum Gasteiger partial charge on any atom is 0.306 e. The van der Waals surface area contributed by atoms with Crippen molar-refractivity contribution >= 4 is 51.8 Å². The van der Waals surface area contributed by atoms with Gasteiger partial charge >= 0.3 is 5.97 Å². The first-order chi connectivity index (χ1) is 10.1. The van der Waals surface area contributed by atoms with Crippen molar-refractivity contribution in [3.05, 3.63) is 0 Å². The molecule has 0 aliphatic rings. The van der Waals surface area contributed by atoms with Crippen LogP contribution in [-0.4, -0.2) is 24.3 Å². The molecule has 21 heavy (non-hydrogen) atoms. The third-order valence-electron chi connectivity index (χ3n) is 2.71. The van der Waals surface area contributed by atoms with Crippen LogP contribution in [0.2, 0.25) is 0 Å². The molecule has 0 bridgehead atoms. The Hall–Kier alpha value is -0.510. The van der Waals surface area contributed by atoms with Crippen LogP contribution in [0.3, 0.4) is 0 Å². The molecule has 0 aliphatic heterocycles. The standard InChI is InChI=1S/C13H23IN2O4S/c1-2-20-13(19)10-9-11(17)7-5-3-4-6-8-12(18)15-14-16-21/h21H,2-10H2,1H3,(H,15,16,18). The number of nitrogens with one attached hydrogen (secondary N) is 1. The summed E-state index contributed by atoms with van der Waals surface area (Å²) in [6, 6.07) is 0. The van der Waals surface area contributed by atoms with Crippen molar-refractivity contribution in [3.63, 3.8) is 0 Å². The first-order valence-electron chi connectivity index (χ1n) is 7.03. The molecule has 0 fully saturated rings. The number of Topliss-reactive ketones (excluding diaryl/α,β-unsaturated/α-hetero) is 1. The first-order valence-corrected chi connectivity index (χ1v) is 9.48. The summed E-state index contributed by atoms with van der Waals surface area (Å²) in [5.74, 6) is -0.195. The fraction of sp³-hybridized carbons (Fsp3) is 0.769. The van der Waals surface area contributed by atoms with E-state index in [0.29, 0.717) is 19.4 Å². The summed E-state index contributed by atoms with van der Waals surface area (Å²) in [6.07, 6.45) is 4.90.